The van der Waals surface area contributed by atoms with E-state index in [0.29, 0.717) is 12.0 Å². The number of nitrogens with one attached hydrogen (secondary N) is 1. The summed E-state index contributed by atoms with van der Waals surface area (Å²) in [6, 6.07) is 0.430. The van der Waals surface area contributed by atoms with Crippen molar-refractivity contribution in [3.05, 3.63) is 15.6 Å². The van der Waals surface area contributed by atoms with Crippen LogP contribution in [0.25, 0.3) is 0 Å². The molecule has 1 N–H and O–H groups in total. The van der Waals surface area contributed by atoms with Gasteiger partial charge in [-0.05, 0) is 25.8 Å². The van der Waals surface area contributed by atoms with Crippen LogP contribution in [0.1, 0.15) is 55.7 Å². The van der Waals surface area contributed by atoms with Crippen molar-refractivity contribution in [2.24, 2.45) is 5.92 Å². The molecule has 16 heavy (non-hydrogen) atoms. The van der Waals surface area contributed by atoms with Gasteiger partial charge in [0, 0.05) is 4.88 Å². The van der Waals surface area contributed by atoms with E-state index in [-0.39, 0.29) is 0 Å². The van der Waals surface area contributed by atoms with Crippen molar-refractivity contribution in [2.75, 3.05) is 6.54 Å². The van der Waals surface area contributed by atoms with Crippen LogP contribution >= 0.6 is 11.3 Å². The van der Waals surface area contributed by atoms with Crippen molar-refractivity contribution in [1.82, 2.24) is 10.3 Å². The first-order chi connectivity index (χ1) is 7.63. The first-order valence-electron chi connectivity index (χ1n) is 6.33. The smallest absolute Gasteiger partial charge is 0.110 e. The molecule has 0 amide bonds. The Kier molecular flexibility index (Phi) is 5.42. The van der Waals surface area contributed by atoms with E-state index in [1.807, 2.05) is 11.3 Å². The van der Waals surface area contributed by atoms with Gasteiger partial charge in [-0.25, -0.2) is 4.98 Å². The van der Waals surface area contributed by atoms with Crippen molar-refractivity contribution in [2.45, 2.75) is 53.5 Å². The first kappa shape index (κ1) is 13.7. The third kappa shape index (κ3) is 3.05. The highest BCUT2D eigenvalue weighted by molar-refractivity contribution is 7.11. The summed E-state index contributed by atoms with van der Waals surface area (Å²) in [6.07, 6.45) is 2.24. The Morgan fingerprint density at radius 2 is 2.00 bits per heavy atom. The Balaban J connectivity index is 2.91. The van der Waals surface area contributed by atoms with E-state index in [1.165, 1.54) is 22.0 Å². The van der Waals surface area contributed by atoms with Crippen LogP contribution in [0.2, 0.25) is 0 Å². The summed E-state index contributed by atoms with van der Waals surface area (Å²) in [7, 11) is 0. The SMILES string of the molecule is CCNC(c1nc(CC)c(C)s1)C(C)CC. The van der Waals surface area contributed by atoms with Gasteiger partial charge in [0.15, 0.2) is 0 Å². The molecule has 1 aromatic heterocycles. The average Bonchev–Trinajstić information content (AvgIpc) is 2.66. The number of nitrogens with zero attached hydrogens (tertiary/aromatic N) is 1. The van der Waals surface area contributed by atoms with Crippen molar-refractivity contribution >= 4 is 11.3 Å². The Bertz CT molecular complexity index is 320. The van der Waals surface area contributed by atoms with Crippen LogP contribution in [0.5, 0.6) is 0 Å². The number of hydrogen-bond donors (Lipinski definition) is 1. The van der Waals surface area contributed by atoms with E-state index in [4.69, 9.17) is 4.98 Å². The molecule has 1 rings (SSSR count). The second kappa shape index (κ2) is 6.36. The minimum Gasteiger partial charge on any atom is -0.308 e. The van der Waals surface area contributed by atoms with Gasteiger partial charge < -0.3 is 5.32 Å². The zero-order valence-electron chi connectivity index (χ0n) is 11.1. The molecule has 1 aromatic rings. The van der Waals surface area contributed by atoms with Gasteiger partial charge in [0.05, 0.1) is 11.7 Å². The maximum atomic E-state index is 4.77. The molecule has 1 heterocycles. The molecular weight excluding hydrogens is 216 g/mol. The van der Waals surface area contributed by atoms with E-state index in [9.17, 15) is 0 Å². The van der Waals surface area contributed by atoms with Crippen LogP contribution in [0.4, 0.5) is 0 Å². The minimum atomic E-state index is 0.430. The second-order valence-corrected chi connectivity index (χ2v) is 5.56. The Labute approximate surface area is 103 Å². The lowest BCUT2D eigenvalue weighted by Gasteiger charge is -2.21. The molecule has 92 valence electrons. The highest BCUT2D eigenvalue weighted by atomic mass is 32.1. The Hall–Kier alpha value is -0.410. The number of thiazole rings is 1. The summed E-state index contributed by atoms with van der Waals surface area (Å²) in [5.74, 6) is 0.648. The summed E-state index contributed by atoms with van der Waals surface area (Å²) in [5, 5.41) is 4.83. The van der Waals surface area contributed by atoms with Crippen LogP contribution < -0.4 is 5.32 Å². The molecule has 0 fully saturated rings. The summed E-state index contributed by atoms with van der Waals surface area (Å²) in [6.45, 7) is 12.1. The fourth-order valence-electron chi connectivity index (χ4n) is 1.90. The molecule has 0 aliphatic heterocycles. The molecule has 0 aromatic carbocycles. The maximum absolute atomic E-state index is 4.77. The molecule has 2 nitrogen and oxygen atoms in total. The highest BCUT2D eigenvalue weighted by Crippen LogP contribution is 2.29. The van der Waals surface area contributed by atoms with E-state index in [1.54, 1.807) is 0 Å². The number of aryl methyl sites for hydroxylation is 2. The molecule has 0 aliphatic carbocycles. The van der Waals surface area contributed by atoms with Gasteiger partial charge in [-0.3, -0.25) is 0 Å². The molecular formula is C13H24N2S. The van der Waals surface area contributed by atoms with E-state index in [0.717, 1.165) is 13.0 Å². The van der Waals surface area contributed by atoms with Crippen molar-refractivity contribution in [3.8, 4) is 0 Å². The predicted octanol–water partition coefficient (Wildman–Crippen LogP) is 3.71. The lowest BCUT2D eigenvalue weighted by molar-refractivity contribution is 0.382. The second-order valence-electron chi connectivity index (χ2n) is 4.33. The lowest BCUT2D eigenvalue weighted by atomic mass is 10.00. The average molecular weight is 240 g/mol. The molecule has 0 spiro atoms. The third-order valence-electron chi connectivity index (χ3n) is 3.15. The molecule has 2 atom stereocenters. The number of aromatic nitrogens is 1. The fraction of sp³-hybridized carbons (Fsp3) is 0.769. The van der Waals surface area contributed by atoms with Crippen LogP contribution in [0, 0.1) is 12.8 Å². The fourth-order valence-corrected chi connectivity index (χ4v) is 3.12. The summed E-state index contributed by atoms with van der Waals surface area (Å²) >= 11 is 1.86. The molecule has 2 unspecified atom stereocenters. The first-order valence-corrected chi connectivity index (χ1v) is 7.15. The normalized spacial score (nSPS) is 15.1. The van der Waals surface area contributed by atoms with Crippen molar-refractivity contribution < 1.29 is 0 Å². The van der Waals surface area contributed by atoms with Gasteiger partial charge in [0.1, 0.15) is 5.01 Å². The van der Waals surface area contributed by atoms with Gasteiger partial charge in [-0.15, -0.1) is 11.3 Å². The van der Waals surface area contributed by atoms with Gasteiger partial charge in [0.2, 0.25) is 0 Å². The van der Waals surface area contributed by atoms with Crippen LogP contribution in [-0.4, -0.2) is 11.5 Å². The Morgan fingerprint density at radius 1 is 1.31 bits per heavy atom. The molecule has 0 bridgehead atoms. The van der Waals surface area contributed by atoms with E-state index in [2.05, 4.69) is 39.9 Å². The summed E-state index contributed by atoms with van der Waals surface area (Å²) < 4.78 is 0. The van der Waals surface area contributed by atoms with Crippen LogP contribution in [0.3, 0.4) is 0 Å². The van der Waals surface area contributed by atoms with E-state index < -0.39 is 0 Å². The number of hydrogen-bond acceptors (Lipinski definition) is 3. The third-order valence-corrected chi connectivity index (χ3v) is 4.24. The molecule has 0 radical (unpaired) electrons. The minimum absolute atomic E-state index is 0.430. The predicted molar refractivity (Wildman–Crippen MR) is 72.1 cm³/mol. The quantitative estimate of drug-likeness (QED) is 0.820. The van der Waals surface area contributed by atoms with Crippen molar-refractivity contribution in [3.63, 3.8) is 0 Å². The van der Waals surface area contributed by atoms with E-state index >= 15 is 0 Å². The Morgan fingerprint density at radius 3 is 2.44 bits per heavy atom. The topological polar surface area (TPSA) is 24.9 Å². The van der Waals surface area contributed by atoms with Gasteiger partial charge in [-0.2, -0.15) is 0 Å². The highest BCUT2D eigenvalue weighted by Gasteiger charge is 2.21. The summed E-state index contributed by atoms with van der Waals surface area (Å²) in [5.41, 5.74) is 1.27. The van der Waals surface area contributed by atoms with Gasteiger partial charge in [-0.1, -0.05) is 34.1 Å². The summed E-state index contributed by atoms with van der Waals surface area (Å²) in [4.78, 5) is 6.15. The molecule has 0 aliphatic rings. The largest absolute Gasteiger partial charge is 0.308 e. The van der Waals surface area contributed by atoms with Crippen molar-refractivity contribution in [1.29, 1.82) is 0 Å². The van der Waals surface area contributed by atoms with Gasteiger partial charge in [0.25, 0.3) is 0 Å². The van der Waals surface area contributed by atoms with Gasteiger partial charge >= 0.3 is 0 Å². The zero-order chi connectivity index (χ0) is 12.1. The van der Waals surface area contributed by atoms with Crippen LogP contribution in [-0.2, 0) is 6.42 Å². The lowest BCUT2D eigenvalue weighted by Crippen LogP contribution is -2.26. The molecule has 0 saturated carbocycles. The standard InChI is InChI=1S/C13H24N2S/c1-6-9(4)12(14-8-3)13-15-11(7-2)10(5)16-13/h9,12,14H,6-8H2,1-5H3. The number of rotatable bonds is 6. The molecule has 0 saturated heterocycles. The zero-order valence-corrected chi connectivity index (χ0v) is 11.9. The molecule has 3 heteroatoms. The maximum Gasteiger partial charge on any atom is 0.110 e. The van der Waals surface area contributed by atoms with Crippen LogP contribution in [0.15, 0.2) is 0 Å². The monoisotopic (exact) mass is 240 g/mol.